The molecule has 2 aromatic rings. The summed E-state index contributed by atoms with van der Waals surface area (Å²) in [6, 6.07) is 3.56. The van der Waals surface area contributed by atoms with Crippen molar-refractivity contribution in [3.8, 4) is 0 Å². The minimum absolute atomic E-state index is 0.385. The molecule has 6 nitrogen and oxygen atoms in total. The van der Waals surface area contributed by atoms with Gasteiger partial charge in [-0.1, -0.05) is 6.07 Å². The fourth-order valence-corrected chi connectivity index (χ4v) is 2.37. The number of aromatic nitrogens is 2. The summed E-state index contributed by atoms with van der Waals surface area (Å²) in [5.74, 6) is -1.46. The molecule has 2 aromatic heterocycles. The van der Waals surface area contributed by atoms with E-state index >= 15 is 0 Å². The van der Waals surface area contributed by atoms with Gasteiger partial charge in [0.05, 0.1) is 0 Å². The van der Waals surface area contributed by atoms with Crippen molar-refractivity contribution in [1.82, 2.24) is 15.1 Å². The van der Waals surface area contributed by atoms with Gasteiger partial charge in [0, 0.05) is 17.3 Å². The number of hydrogen-bond acceptors (Lipinski definition) is 4. The van der Waals surface area contributed by atoms with Gasteiger partial charge < -0.3 is 10.4 Å². The van der Waals surface area contributed by atoms with E-state index < -0.39 is 18.1 Å². The number of carbonyl (C=O) groups excluding carboxylic acids is 1. The van der Waals surface area contributed by atoms with Crippen LogP contribution in [-0.2, 0) is 9.59 Å². The van der Waals surface area contributed by atoms with Crippen LogP contribution < -0.4 is 5.32 Å². The van der Waals surface area contributed by atoms with Crippen LogP contribution in [0.15, 0.2) is 36.0 Å². The van der Waals surface area contributed by atoms with E-state index in [1.54, 1.807) is 42.9 Å². The Bertz CT molecular complexity index is 551. The third kappa shape index (κ3) is 3.00. The first-order valence-corrected chi connectivity index (χ1v) is 6.53. The van der Waals surface area contributed by atoms with E-state index in [1.807, 2.05) is 0 Å². The van der Waals surface area contributed by atoms with E-state index in [2.05, 4.69) is 10.4 Å². The Kier molecular flexibility index (Phi) is 3.96. The zero-order chi connectivity index (χ0) is 13.8. The minimum atomic E-state index is -1.08. The molecular formula is C12H13N3O3S. The molecule has 0 saturated heterocycles. The lowest BCUT2D eigenvalue weighted by molar-refractivity contribution is -0.142. The lowest BCUT2D eigenvalue weighted by Crippen LogP contribution is -2.37. The third-order valence-corrected chi connectivity index (χ3v) is 3.60. The molecule has 0 aliphatic heterocycles. The van der Waals surface area contributed by atoms with Crippen molar-refractivity contribution in [2.75, 3.05) is 0 Å². The highest BCUT2D eigenvalue weighted by molar-refractivity contribution is 7.10. The number of aliphatic carboxylic acids is 1. The van der Waals surface area contributed by atoms with Crippen molar-refractivity contribution in [3.05, 3.63) is 40.8 Å². The number of nitrogens with zero attached hydrogens (tertiary/aromatic N) is 2. The van der Waals surface area contributed by atoms with Crippen LogP contribution in [0.1, 0.15) is 23.9 Å². The van der Waals surface area contributed by atoms with Crippen molar-refractivity contribution in [1.29, 1.82) is 0 Å². The molecule has 0 aliphatic carbocycles. The highest BCUT2D eigenvalue weighted by atomic mass is 32.1. The van der Waals surface area contributed by atoms with Crippen LogP contribution in [0.3, 0.4) is 0 Å². The van der Waals surface area contributed by atoms with E-state index in [9.17, 15) is 14.7 Å². The molecule has 0 bridgehead atoms. The summed E-state index contributed by atoms with van der Waals surface area (Å²) in [5.41, 5.74) is 0. The largest absolute Gasteiger partial charge is 0.479 e. The quantitative estimate of drug-likeness (QED) is 0.867. The first-order chi connectivity index (χ1) is 9.09. The summed E-state index contributed by atoms with van der Waals surface area (Å²) in [6.45, 7) is 1.66. The molecule has 2 unspecified atom stereocenters. The highest BCUT2D eigenvalue weighted by Gasteiger charge is 2.26. The molecule has 0 saturated carbocycles. The van der Waals surface area contributed by atoms with Crippen molar-refractivity contribution in [2.45, 2.75) is 19.0 Å². The van der Waals surface area contributed by atoms with Crippen molar-refractivity contribution in [3.63, 3.8) is 0 Å². The Morgan fingerprint density at radius 3 is 2.79 bits per heavy atom. The molecule has 0 spiro atoms. The second-order valence-electron chi connectivity index (χ2n) is 3.96. The predicted octanol–water partition coefficient (Wildman–Crippen LogP) is 1.45. The zero-order valence-corrected chi connectivity index (χ0v) is 11.0. The van der Waals surface area contributed by atoms with E-state index in [4.69, 9.17) is 0 Å². The van der Waals surface area contributed by atoms with E-state index in [-0.39, 0.29) is 5.91 Å². The van der Waals surface area contributed by atoms with Crippen molar-refractivity contribution in [2.24, 2.45) is 0 Å². The van der Waals surface area contributed by atoms with Gasteiger partial charge in [0.2, 0.25) is 5.91 Å². The second kappa shape index (κ2) is 5.66. The third-order valence-electron chi connectivity index (χ3n) is 2.66. The monoisotopic (exact) mass is 279 g/mol. The maximum atomic E-state index is 12.0. The highest BCUT2D eigenvalue weighted by Crippen LogP contribution is 2.20. The smallest absolute Gasteiger partial charge is 0.331 e. The molecule has 0 aliphatic rings. The number of carboxylic acids is 1. The number of rotatable bonds is 5. The standard InChI is InChI=1S/C12H13N3O3S/c1-8(15-6-3-5-13-15)11(16)14-10(12(17)18)9-4-2-7-19-9/h2-8,10H,1H3,(H,14,16)(H,17,18). The van der Waals surface area contributed by atoms with Gasteiger partial charge in [-0.15, -0.1) is 11.3 Å². The molecule has 7 heteroatoms. The summed E-state index contributed by atoms with van der Waals surface area (Å²) in [5, 5.41) is 17.4. The first-order valence-electron chi connectivity index (χ1n) is 5.65. The molecule has 2 atom stereocenters. The van der Waals surface area contributed by atoms with Crippen LogP contribution in [0.4, 0.5) is 0 Å². The summed E-state index contributed by atoms with van der Waals surface area (Å²) in [4.78, 5) is 23.8. The number of carboxylic acid groups (broad SMARTS) is 1. The van der Waals surface area contributed by atoms with Gasteiger partial charge in [0.25, 0.3) is 0 Å². The number of nitrogens with one attached hydrogen (secondary N) is 1. The fourth-order valence-electron chi connectivity index (χ4n) is 1.60. The van der Waals surface area contributed by atoms with E-state index in [0.717, 1.165) is 0 Å². The van der Waals surface area contributed by atoms with Crippen LogP contribution in [0.25, 0.3) is 0 Å². The Morgan fingerprint density at radius 1 is 1.47 bits per heavy atom. The summed E-state index contributed by atoms with van der Waals surface area (Å²) >= 11 is 1.29. The Balaban J connectivity index is 2.10. The average molecular weight is 279 g/mol. The van der Waals surface area contributed by atoms with Gasteiger partial charge in [-0.25, -0.2) is 4.79 Å². The fraction of sp³-hybridized carbons (Fsp3) is 0.250. The first kappa shape index (κ1) is 13.3. The Morgan fingerprint density at radius 2 is 2.26 bits per heavy atom. The van der Waals surface area contributed by atoms with E-state index in [1.165, 1.54) is 16.0 Å². The summed E-state index contributed by atoms with van der Waals surface area (Å²) in [7, 11) is 0. The van der Waals surface area contributed by atoms with Crippen LogP contribution in [0.2, 0.25) is 0 Å². The number of carbonyl (C=O) groups is 2. The van der Waals surface area contributed by atoms with Crippen molar-refractivity contribution < 1.29 is 14.7 Å². The van der Waals surface area contributed by atoms with Gasteiger partial charge in [-0.2, -0.15) is 5.10 Å². The van der Waals surface area contributed by atoms with Gasteiger partial charge in [-0.05, 0) is 24.4 Å². The van der Waals surface area contributed by atoms with Crippen LogP contribution in [-0.4, -0.2) is 26.8 Å². The second-order valence-corrected chi connectivity index (χ2v) is 4.94. The lowest BCUT2D eigenvalue weighted by Gasteiger charge is -2.17. The number of hydrogen-bond donors (Lipinski definition) is 2. The molecule has 2 N–H and O–H groups in total. The summed E-state index contributed by atoms with van der Waals surface area (Å²) < 4.78 is 1.47. The topological polar surface area (TPSA) is 84.2 Å². The molecule has 0 radical (unpaired) electrons. The van der Waals surface area contributed by atoms with Gasteiger partial charge in [-0.3, -0.25) is 9.48 Å². The predicted molar refractivity (Wildman–Crippen MR) is 69.8 cm³/mol. The number of amides is 1. The maximum absolute atomic E-state index is 12.0. The van der Waals surface area contributed by atoms with Crippen LogP contribution in [0, 0.1) is 0 Å². The van der Waals surface area contributed by atoms with Crippen LogP contribution >= 0.6 is 11.3 Å². The van der Waals surface area contributed by atoms with Crippen LogP contribution in [0.5, 0.6) is 0 Å². The lowest BCUT2D eigenvalue weighted by atomic mass is 10.2. The normalized spacial score (nSPS) is 13.7. The summed E-state index contributed by atoms with van der Waals surface area (Å²) in [6.07, 6.45) is 3.23. The van der Waals surface area contributed by atoms with Gasteiger partial charge in [0.15, 0.2) is 6.04 Å². The molecule has 2 heterocycles. The molecule has 2 rings (SSSR count). The zero-order valence-electron chi connectivity index (χ0n) is 10.2. The number of thiophene rings is 1. The molecule has 0 aromatic carbocycles. The maximum Gasteiger partial charge on any atom is 0.331 e. The molecule has 19 heavy (non-hydrogen) atoms. The van der Waals surface area contributed by atoms with Crippen molar-refractivity contribution >= 4 is 23.2 Å². The average Bonchev–Trinajstić information content (AvgIpc) is 3.06. The van der Waals surface area contributed by atoms with E-state index in [0.29, 0.717) is 4.88 Å². The Hall–Kier alpha value is -2.15. The molecule has 100 valence electrons. The van der Waals surface area contributed by atoms with Gasteiger partial charge >= 0.3 is 5.97 Å². The molecular weight excluding hydrogens is 266 g/mol. The van der Waals surface area contributed by atoms with Gasteiger partial charge in [0.1, 0.15) is 6.04 Å². The SMILES string of the molecule is CC(C(=O)NC(C(=O)O)c1cccs1)n1cccn1. The minimum Gasteiger partial charge on any atom is -0.479 e. The molecule has 1 amide bonds. The molecule has 0 fully saturated rings. The Labute approximate surface area is 113 Å².